The molecule has 5 nitrogen and oxygen atoms in total. The van der Waals surface area contributed by atoms with E-state index in [0.29, 0.717) is 11.4 Å². The fourth-order valence-electron chi connectivity index (χ4n) is 2.39. The van der Waals surface area contributed by atoms with Crippen LogP contribution in [0, 0.1) is 5.82 Å². The van der Waals surface area contributed by atoms with Gasteiger partial charge >= 0.3 is 0 Å². The predicted octanol–water partition coefficient (Wildman–Crippen LogP) is 3.77. The summed E-state index contributed by atoms with van der Waals surface area (Å²) >= 11 is 3.09. The third-order valence-corrected chi connectivity index (χ3v) is 5.85. The molecule has 0 radical (unpaired) electrons. The van der Waals surface area contributed by atoms with Crippen LogP contribution in [0.15, 0.2) is 48.5 Å². The zero-order chi connectivity index (χ0) is 19.2. The van der Waals surface area contributed by atoms with Crippen molar-refractivity contribution in [3.63, 3.8) is 0 Å². The molecular weight excluding hydrogens is 385 g/mol. The molecule has 0 aliphatic heterocycles. The van der Waals surface area contributed by atoms with Crippen LogP contribution in [-0.2, 0) is 15.3 Å². The molecule has 27 heavy (non-hydrogen) atoms. The molecule has 0 atom stereocenters. The monoisotopic (exact) mass is 403 g/mol. The standard InChI is InChI=1S/C19H18FN3O2S2/c1-23(10-17(24)21-14-6-4-5-13(20)9-14)19(25)12-26-11-18-22-15-7-2-3-8-16(15)27-18/h2-9H,10-12H2,1H3,(H,21,24). The van der Waals surface area contributed by atoms with Crippen LogP contribution in [0.5, 0.6) is 0 Å². The van der Waals surface area contributed by atoms with E-state index in [1.165, 1.54) is 34.9 Å². The van der Waals surface area contributed by atoms with E-state index >= 15 is 0 Å². The maximum Gasteiger partial charge on any atom is 0.243 e. The van der Waals surface area contributed by atoms with Gasteiger partial charge < -0.3 is 10.2 Å². The number of fused-ring (bicyclic) bond motifs is 1. The quantitative estimate of drug-likeness (QED) is 0.652. The van der Waals surface area contributed by atoms with Gasteiger partial charge in [-0.1, -0.05) is 18.2 Å². The molecule has 3 aromatic rings. The lowest BCUT2D eigenvalue weighted by atomic mass is 10.3. The Morgan fingerprint density at radius 2 is 2.04 bits per heavy atom. The van der Waals surface area contributed by atoms with Gasteiger partial charge in [0.1, 0.15) is 10.8 Å². The highest BCUT2D eigenvalue weighted by Gasteiger charge is 2.14. The summed E-state index contributed by atoms with van der Waals surface area (Å²) in [7, 11) is 1.58. The SMILES string of the molecule is CN(CC(=O)Nc1cccc(F)c1)C(=O)CSCc1nc2ccccc2s1. The zero-order valence-electron chi connectivity index (χ0n) is 14.6. The van der Waals surface area contributed by atoms with E-state index in [9.17, 15) is 14.0 Å². The van der Waals surface area contributed by atoms with Gasteiger partial charge in [0.05, 0.1) is 22.5 Å². The van der Waals surface area contributed by atoms with E-state index in [4.69, 9.17) is 0 Å². The van der Waals surface area contributed by atoms with Gasteiger partial charge in [-0.25, -0.2) is 9.37 Å². The van der Waals surface area contributed by atoms with Crippen LogP contribution in [-0.4, -0.2) is 41.0 Å². The van der Waals surface area contributed by atoms with Gasteiger partial charge in [-0.05, 0) is 30.3 Å². The number of likely N-dealkylation sites (N-methyl/N-ethyl adjacent to an activating group) is 1. The number of para-hydroxylation sites is 1. The number of rotatable bonds is 7. The Hall–Kier alpha value is -2.45. The average molecular weight is 404 g/mol. The molecule has 1 N–H and O–H groups in total. The summed E-state index contributed by atoms with van der Waals surface area (Å²) in [6, 6.07) is 13.6. The van der Waals surface area contributed by atoms with Crippen molar-refractivity contribution in [2.24, 2.45) is 0 Å². The number of nitrogens with one attached hydrogen (secondary N) is 1. The first-order valence-electron chi connectivity index (χ1n) is 8.23. The molecule has 0 aliphatic carbocycles. The number of aromatic nitrogens is 1. The highest BCUT2D eigenvalue weighted by Crippen LogP contribution is 2.24. The second-order valence-electron chi connectivity index (χ2n) is 5.88. The minimum Gasteiger partial charge on any atom is -0.336 e. The Morgan fingerprint density at radius 3 is 2.81 bits per heavy atom. The molecule has 0 spiro atoms. The van der Waals surface area contributed by atoms with Gasteiger partial charge in [0.2, 0.25) is 11.8 Å². The van der Waals surface area contributed by atoms with E-state index in [1.54, 1.807) is 24.5 Å². The van der Waals surface area contributed by atoms with Crippen LogP contribution in [0.25, 0.3) is 10.2 Å². The van der Waals surface area contributed by atoms with Crippen LogP contribution in [0.1, 0.15) is 5.01 Å². The molecule has 0 saturated carbocycles. The highest BCUT2D eigenvalue weighted by atomic mass is 32.2. The van der Waals surface area contributed by atoms with Crippen molar-refractivity contribution in [2.75, 3.05) is 24.7 Å². The zero-order valence-corrected chi connectivity index (χ0v) is 16.3. The normalized spacial score (nSPS) is 10.7. The van der Waals surface area contributed by atoms with Crippen molar-refractivity contribution in [1.29, 1.82) is 0 Å². The first kappa shape index (κ1) is 19.3. The van der Waals surface area contributed by atoms with Gasteiger partial charge in [0, 0.05) is 18.5 Å². The molecule has 0 unspecified atom stereocenters. The van der Waals surface area contributed by atoms with E-state index in [-0.39, 0.29) is 24.1 Å². The van der Waals surface area contributed by atoms with E-state index in [2.05, 4.69) is 10.3 Å². The van der Waals surface area contributed by atoms with Gasteiger partial charge in [-0.2, -0.15) is 0 Å². The molecule has 2 amide bonds. The molecule has 0 saturated heterocycles. The Bertz CT molecular complexity index is 928. The van der Waals surface area contributed by atoms with Crippen molar-refractivity contribution in [1.82, 2.24) is 9.88 Å². The van der Waals surface area contributed by atoms with Crippen molar-refractivity contribution >= 4 is 50.8 Å². The minimum atomic E-state index is -0.427. The Kier molecular flexibility index (Phi) is 6.41. The second-order valence-corrected chi connectivity index (χ2v) is 7.98. The number of nitrogens with zero attached hydrogens (tertiary/aromatic N) is 2. The van der Waals surface area contributed by atoms with Gasteiger partial charge in [-0.15, -0.1) is 23.1 Å². The maximum absolute atomic E-state index is 13.1. The summed E-state index contributed by atoms with van der Waals surface area (Å²) in [4.78, 5) is 30.1. The summed E-state index contributed by atoms with van der Waals surface area (Å²) in [6.07, 6.45) is 0. The van der Waals surface area contributed by atoms with Crippen LogP contribution >= 0.6 is 23.1 Å². The summed E-state index contributed by atoms with van der Waals surface area (Å²) in [6.45, 7) is -0.0863. The van der Waals surface area contributed by atoms with Crippen molar-refractivity contribution in [2.45, 2.75) is 5.75 Å². The molecule has 3 rings (SSSR count). The molecular formula is C19H18FN3O2S2. The lowest BCUT2D eigenvalue weighted by Crippen LogP contribution is -2.36. The number of thioether (sulfide) groups is 1. The van der Waals surface area contributed by atoms with Crippen LogP contribution < -0.4 is 5.32 Å². The summed E-state index contributed by atoms with van der Waals surface area (Å²) < 4.78 is 14.3. The number of anilines is 1. The number of carbonyl (C=O) groups excluding carboxylic acids is 2. The third-order valence-electron chi connectivity index (χ3n) is 3.70. The lowest BCUT2D eigenvalue weighted by molar-refractivity contribution is -0.131. The average Bonchev–Trinajstić information content (AvgIpc) is 3.04. The third kappa shape index (κ3) is 5.51. The number of halogens is 1. The summed E-state index contributed by atoms with van der Waals surface area (Å²) in [5, 5.41) is 3.55. The van der Waals surface area contributed by atoms with Crippen LogP contribution in [0.2, 0.25) is 0 Å². The number of benzene rings is 2. The summed E-state index contributed by atoms with van der Waals surface area (Å²) in [5.74, 6) is -0.0275. The molecule has 0 aliphatic rings. The van der Waals surface area contributed by atoms with E-state index in [1.807, 2.05) is 24.3 Å². The number of thiazole rings is 1. The number of hydrogen-bond donors (Lipinski definition) is 1. The van der Waals surface area contributed by atoms with Crippen molar-refractivity contribution in [3.05, 3.63) is 59.4 Å². The number of carbonyl (C=O) groups is 2. The maximum atomic E-state index is 13.1. The first-order chi connectivity index (χ1) is 13.0. The van der Waals surface area contributed by atoms with Crippen molar-refractivity contribution < 1.29 is 14.0 Å². The van der Waals surface area contributed by atoms with Gasteiger partial charge in [0.15, 0.2) is 0 Å². The van der Waals surface area contributed by atoms with Crippen LogP contribution in [0.3, 0.4) is 0 Å². The van der Waals surface area contributed by atoms with Gasteiger partial charge in [0.25, 0.3) is 0 Å². The molecule has 1 aromatic heterocycles. The molecule has 0 fully saturated rings. The molecule has 2 aromatic carbocycles. The van der Waals surface area contributed by atoms with E-state index < -0.39 is 5.82 Å². The van der Waals surface area contributed by atoms with Crippen LogP contribution in [0.4, 0.5) is 10.1 Å². The predicted molar refractivity (Wildman–Crippen MR) is 108 cm³/mol. The lowest BCUT2D eigenvalue weighted by Gasteiger charge is -2.16. The number of hydrogen-bond acceptors (Lipinski definition) is 5. The minimum absolute atomic E-state index is 0.0863. The highest BCUT2D eigenvalue weighted by molar-refractivity contribution is 7.99. The smallest absolute Gasteiger partial charge is 0.243 e. The first-order valence-corrected chi connectivity index (χ1v) is 10.2. The fraction of sp³-hybridized carbons (Fsp3) is 0.211. The molecule has 0 bridgehead atoms. The largest absolute Gasteiger partial charge is 0.336 e. The van der Waals surface area contributed by atoms with E-state index in [0.717, 1.165) is 15.2 Å². The van der Waals surface area contributed by atoms with Crippen molar-refractivity contribution in [3.8, 4) is 0 Å². The second kappa shape index (κ2) is 8.96. The Labute approximate surface area is 164 Å². The summed E-state index contributed by atoms with van der Waals surface area (Å²) in [5.41, 5.74) is 1.33. The molecule has 1 heterocycles. The van der Waals surface area contributed by atoms with Gasteiger partial charge in [-0.3, -0.25) is 9.59 Å². The fourth-order valence-corrected chi connectivity index (χ4v) is 4.37. The Balaban J connectivity index is 1.43. The molecule has 140 valence electrons. The number of amides is 2. The topological polar surface area (TPSA) is 62.3 Å². The Morgan fingerprint density at radius 1 is 1.22 bits per heavy atom. The molecule has 8 heteroatoms.